The van der Waals surface area contributed by atoms with Crippen molar-refractivity contribution < 1.29 is 52.6 Å². The molecule has 0 saturated heterocycles. The number of nitrogens with one attached hydrogen (secondary N) is 4. The van der Waals surface area contributed by atoms with Gasteiger partial charge in [-0.1, -0.05) is 106 Å². The van der Waals surface area contributed by atoms with Crippen LogP contribution in [0.3, 0.4) is 0 Å². The fourth-order valence-electron chi connectivity index (χ4n) is 9.48. The maximum Gasteiger partial charge on any atom is 0.419 e. The average Bonchev–Trinajstić information content (AvgIpc) is 2.89. The van der Waals surface area contributed by atoms with E-state index in [1.807, 2.05) is 30.3 Å². The zero-order valence-electron chi connectivity index (χ0n) is 49.8. The molecular formula is C65H83N7O11. The van der Waals surface area contributed by atoms with Gasteiger partial charge in [0.15, 0.2) is 23.1 Å². The Morgan fingerprint density at radius 1 is 0.651 bits per heavy atom. The molecule has 4 amide bonds. The third-order valence-corrected chi connectivity index (χ3v) is 13.9. The molecule has 0 fully saturated rings. The van der Waals surface area contributed by atoms with Gasteiger partial charge in [0.1, 0.15) is 11.2 Å². The third-order valence-electron chi connectivity index (χ3n) is 13.9. The molecule has 0 saturated carbocycles. The Morgan fingerprint density at radius 3 is 1.66 bits per heavy atom. The van der Waals surface area contributed by atoms with E-state index in [2.05, 4.69) is 33.8 Å². The molecule has 18 heteroatoms. The van der Waals surface area contributed by atoms with Crippen molar-refractivity contribution in [2.75, 3.05) is 26.2 Å². The van der Waals surface area contributed by atoms with E-state index in [0.717, 1.165) is 10.5 Å². The van der Waals surface area contributed by atoms with E-state index in [1.165, 1.54) is 22.3 Å². The number of ketones is 4. The highest BCUT2D eigenvalue weighted by molar-refractivity contribution is 5.99. The minimum absolute atomic E-state index is 0.115. The minimum atomic E-state index is -1.34. The Hall–Kier alpha value is -8.17. The maximum absolute atomic E-state index is 15.2. The second-order valence-electron chi connectivity index (χ2n) is 23.3. The second-order valence-corrected chi connectivity index (χ2v) is 23.3. The molecule has 0 unspecified atom stereocenters. The van der Waals surface area contributed by atoms with Crippen LogP contribution in [0.1, 0.15) is 118 Å². The van der Waals surface area contributed by atoms with Crippen molar-refractivity contribution in [3.63, 3.8) is 0 Å². The molecule has 0 aliphatic carbocycles. The summed E-state index contributed by atoms with van der Waals surface area (Å²) in [7, 11) is 0. The fourth-order valence-corrected chi connectivity index (χ4v) is 9.48. The molecule has 444 valence electrons. The topological polar surface area (TPSA) is 233 Å². The first kappa shape index (κ1) is 65.6. The highest BCUT2D eigenvalue weighted by Gasteiger charge is 2.35. The van der Waals surface area contributed by atoms with Crippen molar-refractivity contribution in [1.29, 1.82) is 0 Å². The maximum atomic E-state index is 15.2. The number of amides is 4. The van der Waals surface area contributed by atoms with Crippen molar-refractivity contribution in [1.82, 2.24) is 35.3 Å². The molecule has 3 aromatic carbocycles. The summed E-state index contributed by atoms with van der Waals surface area (Å²) in [5.41, 5.74) is 1.01. The van der Waals surface area contributed by atoms with E-state index in [1.54, 1.807) is 123 Å². The number of carbonyl (C=O) groups excluding carboxylic acids is 9. The van der Waals surface area contributed by atoms with Crippen LogP contribution in [-0.2, 0) is 57.5 Å². The molecule has 5 atom stereocenters. The monoisotopic (exact) mass is 1140 g/mol. The third kappa shape index (κ3) is 19.5. The van der Waals surface area contributed by atoms with E-state index in [0.29, 0.717) is 58.9 Å². The quantitative estimate of drug-likeness (QED) is 0.0199. The molecule has 5 rings (SSSR count). The van der Waals surface area contributed by atoms with Crippen LogP contribution in [0.15, 0.2) is 104 Å². The highest BCUT2D eigenvalue weighted by Crippen LogP contribution is 2.28. The number of para-hydroxylation sites is 2. The number of nitrogens with zero attached hydrogens (tertiary/aromatic N) is 3. The van der Waals surface area contributed by atoms with Crippen molar-refractivity contribution >= 4 is 75.0 Å². The summed E-state index contributed by atoms with van der Waals surface area (Å²) >= 11 is 0. The Kier molecular flexibility index (Phi) is 23.9. The normalized spacial score (nSPS) is 13.4. The second kappa shape index (κ2) is 30.2. The summed E-state index contributed by atoms with van der Waals surface area (Å²) in [6.45, 7) is 21.3. The number of rotatable bonds is 29. The van der Waals surface area contributed by atoms with Gasteiger partial charge in [-0.05, 0) is 96.2 Å². The molecule has 0 aliphatic rings. The Labute approximate surface area is 487 Å². The largest absolute Gasteiger partial charge is 0.443 e. The van der Waals surface area contributed by atoms with Gasteiger partial charge in [0.25, 0.3) is 0 Å². The summed E-state index contributed by atoms with van der Waals surface area (Å²) in [5.74, 6) is -2.97. The van der Waals surface area contributed by atoms with E-state index in [9.17, 15) is 38.4 Å². The smallest absolute Gasteiger partial charge is 0.419 e. The molecule has 0 bridgehead atoms. The molecule has 0 radical (unpaired) electrons. The number of ether oxygens (including phenoxy) is 2. The van der Waals surface area contributed by atoms with Crippen LogP contribution >= 0.6 is 0 Å². The number of hydrogen-bond donors (Lipinski definition) is 4. The molecule has 0 spiro atoms. The average molecular weight is 1140 g/mol. The zero-order chi connectivity index (χ0) is 61.2. The number of Topliss-reactive ketones (excluding diaryl/α,β-unsaturated/α-hetero) is 4. The number of hydrogen-bond acceptors (Lipinski definition) is 12. The Balaban J connectivity index is 1.53. The van der Waals surface area contributed by atoms with Gasteiger partial charge in [-0.2, -0.15) is 0 Å². The molecular weight excluding hydrogens is 1050 g/mol. The standard InChI is InChI=1S/C65H83N7O11/c1-13-31-66-32-23-28-50(55(73)15-3)67-60(78)45(35-44-24-17-16-18-25-44)38-57(75)51(36-46-39-71(62(80)82-64(7,8)9)53-29-21-19-26-48(46)53)68-59(77)43(6)34-56(74)52(69-61(79)70(33-14-2)41-58(76)42(4)5)37-47-40-72(63(81)83-65(10,11)12)54-30-22-20-27-49(47)54/h2,13,16-22,24-27,29-30,39-40,42-43,45,50-52,66H,1,15,23,28,31-38,41H2,3-12H3,(H,67,78)(H,68,77)(H,69,79)/t43-,45+,50+,51+,52-/m1/s1. The van der Waals surface area contributed by atoms with Crippen molar-refractivity contribution in [2.24, 2.45) is 17.8 Å². The molecule has 2 aromatic heterocycles. The lowest BCUT2D eigenvalue weighted by atomic mass is 9.88. The minimum Gasteiger partial charge on any atom is -0.443 e. The summed E-state index contributed by atoms with van der Waals surface area (Å²) in [4.78, 5) is 128. The summed E-state index contributed by atoms with van der Waals surface area (Å²) in [6.07, 6.45) is 9.20. The first-order chi connectivity index (χ1) is 39.2. The number of benzene rings is 3. The van der Waals surface area contributed by atoms with Gasteiger partial charge in [0, 0.05) is 79.6 Å². The predicted octanol–water partition coefficient (Wildman–Crippen LogP) is 9.10. The van der Waals surface area contributed by atoms with Crippen LogP contribution in [0.5, 0.6) is 0 Å². The van der Waals surface area contributed by atoms with E-state index < -0.39 is 95.1 Å². The van der Waals surface area contributed by atoms with E-state index in [4.69, 9.17) is 15.9 Å². The summed E-state index contributed by atoms with van der Waals surface area (Å²) < 4.78 is 14.1. The summed E-state index contributed by atoms with van der Waals surface area (Å²) in [5, 5.41) is 13.0. The lowest BCUT2D eigenvalue weighted by Crippen LogP contribution is -2.51. The Bertz CT molecular complexity index is 3170. The summed E-state index contributed by atoms with van der Waals surface area (Å²) in [6, 6.07) is 18.9. The van der Waals surface area contributed by atoms with Gasteiger partial charge >= 0.3 is 18.2 Å². The fraction of sp³-hybridized carbons (Fsp3) is 0.462. The highest BCUT2D eigenvalue weighted by atomic mass is 16.6. The molecule has 18 nitrogen and oxygen atoms in total. The SMILES string of the molecule is C#CCN(CC(=O)C(C)C)C(=O)N[C@H](Cc1cn(C(=O)OC(C)(C)C)c2ccccc12)C(=O)C[C@@H](C)C(=O)N[C@@H](Cc1cn(C(=O)OC(C)(C)C)c2ccccc12)C(=O)C[C@H](Cc1ccccc1)C(=O)N[C@@H](CCCNCC=C)C(=O)CC. The van der Waals surface area contributed by atoms with Crippen LogP contribution in [-0.4, -0.2) is 123 Å². The van der Waals surface area contributed by atoms with Crippen LogP contribution in [0.4, 0.5) is 14.4 Å². The van der Waals surface area contributed by atoms with Crippen LogP contribution in [0.2, 0.25) is 0 Å². The van der Waals surface area contributed by atoms with Crippen molar-refractivity contribution in [3.05, 3.63) is 121 Å². The number of fused-ring (bicyclic) bond motifs is 2. The lowest BCUT2D eigenvalue weighted by Gasteiger charge is -2.26. The van der Waals surface area contributed by atoms with Gasteiger partial charge in [0.05, 0.1) is 42.2 Å². The van der Waals surface area contributed by atoms with Crippen molar-refractivity contribution in [3.8, 4) is 12.3 Å². The van der Waals surface area contributed by atoms with Gasteiger partial charge in [-0.15, -0.1) is 13.0 Å². The van der Waals surface area contributed by atoms with Crippen LogP contribution in [0, 0.1) is 30.1 Å². The molecule has 2 heterocycles. The molecule has 0 aliphatic heterocycles. The van der Waals surface area contributed by atoms with Crippen LogP contribution in [0.25, 0.3) is 21.8 Å². The number of carbonyl (C=O) groups is 9. The van der Waals surface area contributed by atoms with Gasteiger partial charge in [0.2, 0.25) is 11.8 Å². The lowest BCUT2D eigenvalue weighted by molar-refractivity contribution is -0.134. The van der Waals surface area contributed by atoms with E-state index in [-0.39, 0.29) is 56.8 Å². The van der Waals surface area contributed by atoms with E-state index >= 15 is 4.79 Å². The zero-order valence-corrected chi connectivity index (χ0v) is 49.8. The number of terminal acetylenes is 1. The first-order valence-electron chi connectivity index (χ1n) is 28.4. The molecule has 5 aromatic rings. The van der Waals surface area contributed by atoms with Crippen LogP contribution < -0.4 is 21.3 Å². The van der Waals surface area contributed by atoms with Gasteiger partial charge in [-0.25, -0.2) is 14.4 Å². The number of urea groups is 1. The van der Waals surface area contributed by atoms with Gasteiger partial charge < -0.3 is 35.6 Å². The van der Waals surface area contributed by atoms with Gasteiger partial charge in [-0.3, -0.25) is 37.9 Å². The Morgan fingerprint density at radius 2 is 1.16 bits per heavy atom. The first-order valence-corrected chi connectivity index (χ1v) is 28.4. The number of aromatic nitrogens is 2. The predicted molar refractivity (Wildman–Crippen MR) is 321 cm³/mol. The van der Waals surface area contributed by atoms with Crippen molar-refractivity contribution in [2.45, 2.75) is 150 Å². The molecule has 4 N–H and O–H groups in total. The molecule has 83 heavy (non-hydrogen) atoms.